The van der Waals surface area contributed by atoms with Crippen LogP contribution in [0.2, 0.25) is 0 Å². The Balaban J connectivity index is 2.88. The van der Waals surface area contributed by atoms with Crippen LogP contribution in [0.4, 0.5) is 0 Å². The molecular weight excluding hydrogens is 174 g/mol. The van der Waals surface area contributed by atoms with E-state index in [1.807, 2.05) is 13.0 Å². The van der Waals surface area contributed by atoms with Crippen molar-refractivity contribution in [1.29, 1.82) is 5.26 Å². The predicted octanol–water partition coefficient (Wildman–Crippen LogP) is 1.26. The standard InChI is InChI=1S/C8H13NO2S/c1-2-6-12(10,11)8(7-9)4-3-5-8/h2-6H2,1H3. The Labute approximate surface area is 73.3 Å². The molecule has 0 spiro atoms. The minimum atomic E-state index is -3.15. The van der Waals surface area contributed by atoms with Crippen molar-refractivity contribution in [2.24, 2.45) is 0 Å². The quantitative estimate of drug-likeness (QED) is 0.668. The highest BCUT2D eigenvalue weighted by molar-refractivity contribution is 7.93. The summed E-state index contributed by atoms with van der Waals surface area (Å²) in [5, 5.41) is 8.77. The zero-order valence-corrected chi connectivity index (χ0v) is 8.02. The molecule has 0 unspecified atom stereocenters. The fraction of sp³-hybridized carbons (Fsp3) is 0.875. The minimum absolute atomic E-state index is 0.153. The van der Waals surface area contributed by atoms with Gasteiger partial charge in [-0.05, 0) is 25.7 Å². The Morgan fingerprint density at radius 1 is 1.50 bits per heavy atom. The maximum atomic E-state index is 11.5. The summed E-state index contributed by atoms with van der Waals surface area (Å²) in [6, 6.07) is 1.95. The summed E-state index contributed by atoms with van der Waals surface area (Å²) in [6.45, 7) is 1.82. The first-order valence-electron chi connectivity index (χ1n) is 4.21. The highest BCUT2D eigenvalue weighted by Crippen LogP contribution is 2.39. The number of rotatable bonds is 3. The van der Waals surface area contributed by atoms with Gasteiger partial charge >= 0.3 is 0 Å². The normalized spacial score (nSPS) is 21.0. The molecule has 0 aromatic carbocycles. The largest absolute Gasteiger partial charge is 0.227 e. The van der Waals surface area contributed by atoms with Crippen LogP contribution in [0, 0.1) is 11.3 Å². The molecule has 68 valence electrons. The summed E-state index contributed by atoms with van der Waals surface area (Å²) >= 11 is 0. The van der Waals surface area contributed by atoms with Crippen molar-refractivity contribution in [2.75, 3.05) is 5.75 Å². The first-order valence-corrected chi connectivity index (χ1v) is 5.87. The number of nitrogens with zero attached hydrogens (tertiary/aromatic N) is 1. The van der Waals surface area contributed by atoms with Crippen molar-refractivity contribution >= 4 is 9.84 Å². The molecule has 0 N–H and O–H groups in total. The van der Waals surface area contributed by atoms with Gasteiger partial charge in [0.1, 0.15) is 0 Å². The lowest BCUT2D eigenvalue weighted by molar-refractivity contribution is 0.406. The maximum Gasteiger partial charge on any atom is 0.169 e. The van der Waals surface area contributed by atoms with E-state index in [2.05, 4.69) is 0 Å². The zero-order chi connectivity index (χ0) is 9.24. The molecule has 0 radical (unpaired) electrons. The molecule has 0 heterocycles. The highest BCUT2D eigenvalue weighted by atomic mass is 32.2. The van der Waals surface area contributed by atoms with E-state index < -0.39 is 14.6 Å². The summed E-state index contributed by atoms with van der Waals surface area (Å²) < 4.78 is 22.1. The topological polar surface area (TPSA) is 57.9 Å². The monoisotopic (exact) mass is 187 g/mol. The molecule has 3 nitrogen and oxygen atoms in total. The lowest BCUT2D eigenvalue weighted by Crippen LogP contribution is -2.44. The lowest BCUT2D eigenvalue weighted by Gasteiger charge is -2.34. The Morgan fingerprint density at radius 2 is 2.08 bits per heavy atom. The maximum absolute atomic E-state index is 11.5. The first-order chi connectivity index (χ1) is 5.58. The van der Waals surface area contributed by atoms with Gasteiger partial charge < -0.3 is 0 Å². The average Bonchev–Trinajstić information content (AvgIpc) is 1.84. The van der Waals surface area contributed by atoms with Gasteiger partial charge in [0, 0.05) is 0 Å². The Bertz CT molecular complexity index is 296. The second kappa shape index (κ2) is 3.06. The molecule has 1 aliphatic carbocycles. The van der Waals surface area contributed by atoms with Crippen LogP contribution in [0.15, 0.2) is 0 Å². The molecule has 4 heteroatoms. The van der Waals surface area contributed by atoms with Crippen molar-refractivity contribution in [3.05, 3.63) is 0 Å². The van der Waals surface area contributed by atoms with Crippen molar-refractivity contribution in [3.63, 3.8) is 0 Å². The third-order valence-corrected chi connectivity index (χ3v) is 5.07. The summed E-state index contributed by atoms with van der Waals surface area (Å²) in [6.07, 6.45) is 2.54. The molecule has 12 heavy (non-hydrogen) atoms. The van der Waals surface area contributed by atoms with Gasteiger partial charge in [0.25, 0.3) is 0 Å². The summed E-state index contributed by atoms with van der Waals surface area (Å²) in [5.41, 5.74) is 0. The van der Waals surface area contributed by atoms with Gasteiger partial charge in [-0.25, -0.2) is 8.42 Å². The predicted molar refractivity (Wildman–Crippen MR) is 46.3 cm³/mol. The molecular formula is C8H13NO2S. The molecule has 1 aliphatic rings. The number of nitriles is 1. The molecule has 0 aliphatic heterocycles. The molecule has 0 aromatic rings. The van der Waals surface area contributed by atoms with E-state index in [1.165, 1.54) is 0 Å². The van der Waals surface area contributed by atoms with E-state index in [0.717, 1.165) is 6.42 Å². The van der Waals surface area contributed by atoms with Crippen LogP contribution in [0.5, 0.6) is 0 Å². The van der Waals surface area contributed by atoms with Gasteiger partial charge in [0.05, 0.1) is 11.8 Å². The van der Waals surface area contributed by atoms with Gasteiger partial charge in [-0.15, -0.1) is 0 Å². The first kappa shape index (κ1) is 9.53. The molecule has 0 saturated heterocycles. The molecule has 1 rings (SSSR count). The molecule has 0 amide bonds. The van der Waals surface area contributed by atoms with Crippen LogP contribution in [0.1, 0.15) is 32.6 Å². The average molecular weight is 187 g/mol. The van der Waals surface area contributed by atoms with E-state index in [-0.39, 0.29) is 5.75 Å². The molecule has 0 bridgehead atoms. The van der Waals surface area contributed by atoms with Gasteiger partial charge in [0.2, 0.25) is 0 Å². The third-order valence-electron chi connectivity index (χ3n) is 2.43. The molecule has 0 atom stereocenters. The second-order valence-electron chi connectivity index (χ2n) is 3.28. The summed E-state index contributed by atoms with van der Waals surface area (Å²) in [4.78, 5) is 0. The number of hydrogen-bond acceptors (Lipinski definition) is 3. The Hall–Kier alpha value is -0.560. The van der Waals surface area contributed by atoms with Crippen LogP contribution >= 0.6 is 0 Å². The highest BCUT2D eigenvalue weighted by Gasteiger charge is 2.48. The third kappa shape index (κ3) is 1.22. The lowest BCUT2D eigenvalue weighted by atomic mass is 9.86. The fourth-order valence-corrected chi connectivity index (χ4v) is 3.43. The van der Waals surface area contributed by atoms with Crippen LogP contribution in [0.25, 0.3) is 0 Å². The molecule has 1 saturated carbocycles. The van der Waals surface area contributed by atoms with E-state index in [1.54, 1.807) is 0 Å². The summed E-state index contributed by atoms with van der Waals surface area (Å²) in [7, 11) is -3.15. The van der Waals surface area contributed by atoms with Crippen molar-refractivity contribution in [3.8, 4) is 6.07 Å². The number of hydrogen-bond donors (Lipinski definition) is 0. The van der Waals surface area contributed by atoms with Crippen LogP contribution in [-0.2, 0) is 9.84 Å². The van der Waals surface area contributed by atoms with Gasteiger partial charge in [-0.3, -0.25) is 0 Å². The van der Waals surface area contributed by atoms with Crippen LogP contribution in [0.3, 0.4) is 0 Å². The fourth-order valence-electron chi connectivity index (χ4n) is 1.45. The van der Waals surface area contributed by atoms with Crippen LogP contribution < -0.4 is 0 Å². The van der Waals surface area contributed by atoms with Gasteiger partial charge in [-0.1, -0.05) is 6.92 Å². The molecule has 0 aromatic heterocycles. The van der Waals surface area contributed by atoms with E-state index in [0.29, 0.717) is 19.3 Å². The SMILES string of the molecule is CCCS(=O)(=O)C1(C#N)CCC1. The number of sulfone groups is 1. The van der Waals surface area contributed by atoms with Gasteiger partial charge in [0.15, 0.2) is 14.6 Å². The van der Waals surface area contributed by atoms with Crippen molar-refractivity contribution in [2.45, 2.75) is 37.4 Å². The molecule has 1 fully saturated rings. The van der Waals surface area contributed by atoms with Crippen LogP contribution in [-0.4, -0.2) is 18.9 Å². The smallest absolute Gasteiger partial charge is 0.169 e. The van der Waals surface area contributed by atoms with Gasteiger partial charge in [-0.2, -0.15) is 5.26 Å². The zero-order valence-electron chi connectivity index (χ0n) is 7.21. The Kier molecular flexibility index (Phi) is 2.43. The minimum Gasteiger partial charge on any atom is -0.227 e. The van der Waals surface area contributed by atoms with E-state index in [4.69, 9.17) is 5.26 Å². The second-order valence-corrected chi connectivity index (χ2v) is 5.70. The van der Waals surface area contributed by atoms with Crippen molar-refractivity contribution < 1.29 is 8.42 Å². The van der Waals surface area contributed by atoms with Crippen molar-refractivity contribution in [1.82, 2.24) is 0 Å². The van der Waals surface area contributed by atoms with E-state index >= 15 is 0 Å². The Morgan fingerprint density at radius 3 is 2.33 bits per heavy atom. The van der Waals surface area contributed by atoms with E-state index in [9.17, 15) is 8.42 Å². The summed E-state index contributed by atoms with van der Waals surface area (Å²) in [5.74, 6) is 0.153.